The Labute approximate surface area is 266 Å². The molecule has 0 heterocycles. The van der Waals surface area contributed by atoms with Crippen LogP contribution in [0.3, 0.4) is 0 Å². The fourth-order valence-corrected chi connectivity index (χ4v) is 6.33. The maximum atomic E-state index is 14.5. The van der Waals surface area contributed by atoms with Crippen LogP contribution < -0.4 is 14.4 Å². The van der Waals surface area contributed by atoms with Crippen LogP contribution >= 0.6 is 0 Å². The number of nitrogens with one attached hydrogen (secondary N) is 1. The third-order valence-electron chi connectivity index (χ3n) is 7.21. The Morgan fingerprint density at radius 1 is 0.800 bits per heavy atom. The quantitative estimate of drug-likeness (QED) is 0.216. The highest BCUT2D eigenvalue weighted by Crippen LogP contribution is 2.27. The molecule has 0 aliphatic carbocycles. The molecule has 0 bridgehead atoms. The fourth-order valence-electron chi connectivity index (χ4n) is 4.89. The van der Waals surface area contributed by atoms with Gasteiger partial charge in [0.15, 0.2) is 0 Å². The second-order valence-corrected chi connectivity index (χ2v) is 13.8. The molecule has 0 radical (unpaired) electrons. The van der Waals surface area contributed by atoms with Crippen LogP contribution in [0.2, 0.25) is 0 Å². The highest BCUT2D eigenvalue weighted by Gasteiger charge is 2.35. The molecule has 0 fully saturated rings. The lowest BCUT2D eigenvalue weighted by atomic mass is 10.0. The molecule has 0 unspecified atom stereocenters. The zero-order chi connectivity index (χ0) is 32.6. The van der Waals surface area contributed by atoms with E-state index in [1.807, 2.05) is 82.3 Å². The molecule has 45 heavy (non-hydrogen) atoms. The van der Waals surface area contributed by atoms with E-state index in [0.717, 1.165) is 21.0 Å². The molecule has 0 saturated carbocycles. The average Bonchev–Trinajstić information content (AvgIpc) is 3.02. The second-order valence-electron chi connectivity index (χ2n) is 12.0. The van der Waals surface area contributed by atoms with Crippen molar-refractivity contribution in [2.45, 2.75) is 57.1 Å². The number of sulfonamides is 1. The summed E-state index contributed by atoms with van der Waals surface area (Å²) < 4.78 is 34.5. The van der Waals surface area contributed by atoms with Crippen LogP contribution in [0.4, 0.5) is 5.69 Å². The Morgan fingerprint density at radius 2 is 1.38 bits per heavy atom. The van der Waals surface area contributed by atoms with E-state index in [0.29, 0.717) is 11.4 Å². The van der Waals surface area contributed by atoms with Gasteiger partial charge in [-0.3, -0.25) is 13.9 Å². The van der Waals surface area contributed by atoms with Crippen LogP contribution in [-0.4, -0.2) is 50.4 Å². The SMILES string of the molecule is COc1ccc(N(CC(=O)N(Cc2ccc(C)cc2)[C@H](Cc2ccccc2)C(=O)NC(C)(C)C)S(=O)(=O)c2ccccc2)cc1. The summed E-state index contributed by atoms with van der Waals surface area (Å²) in [6, 6.07) is 30.8. The van der Waals surface area contributed by atoms with Crippen LogP contribution in [0.5, 0.6) is 5.75 Å². The molecule has 1 atom stereocenters. The van der Waals surface area contributed by atoms with Crippen LogP contribution in [-0.2, 0) is 32.6 Å². The Kier molecular flexibility index (Phi) is 10.7. The number of methoxy groups -OCH3 is 1. The molecule has 8 nitrogen and oxygen atoms in total. The molecule has 236 valence electrons. The molecule has 4 aromatic rings. The van der Waals surface area contributed by atoms with E-state index >= 15 is 0 Å². The van der Waals surface area contributed by atoms with Crippen molar-refractivity contribution in [3.63, 3.8) is 0 Å². The van der Waals surface area contributed by atoms with Gasteiger partial charge in [0.05, 0.1) is 17.7 Å². The predicted molar refractivity (Wildman–Crippen MR) is 178 cm³/mol. The van der Waals surface area contributed by atoms with Crippen molar-refractivity contribution in [3.8, 4) is 5.75 Å². The number of hydrogen-bond donors (Lipinski definition) is 1. The molecule has 0 saturated heterocycles. The summed E-state index contributed by atoms with van der Waals surface area (Å²) in [4.78, 5) is 30.0. The molecule has 1 N–H and O–H groups in total. The van der Waals surface area contributed by atoms with Gasteiger partial charge in [-0.15, -0.1) is 0 Å². The van der Waals surface area contributed by atoms with E-state index in [2.05, 4.69) is 5.32 Å². The number of rotatable bonds is 12. The average molecular weight is 628 g/mol. The Balaban J connectivity index is 1.81. The van der Waals surface area contributed by atoms with E-state index < -0.39 is 34.1 Å². The molecule has 2 amide bonds. The summed E-state index contributed by atoms with van der Waals surface area (Å²) in [5.74, 6) is -0.297. The van der Waals surface area contributed by atoms with Gasteiger partial charge >= 0.3 is 0 Å². The first-order chi connectivity index (χ1) is 21.4. The lowest BCUT2D eigenvalue weighted by Crippen LogP contribution is -2.56. The van der Waals surface area contributed by atoms with Gasteiger partial charge in [-0.25, -0.2) is 8.42 Å². The predicted octanol–water partition coefficient (Wildman–Crippen LogP) is 5.75. The van der Waals surface area contributed by atoms with Gasteiger partial charge in [-0.05, 0) is 75.2 Å². The summed E-state index contributed by atoms with van der Waals surface area (Å²) in [6.45, 7) is 7.21. The lowest BCUT2D eigenvalue weighted by Gasteiger charge is -2.35. The fraction of sp³-hybridized carbons (Fsp3) is 0.278. The Morgan fingerprint density at radius 3 is 1.93 bits per heavy atom. The monoisotopic (exact) mass is 627 g/mol. The van der Waals surface area contributed by atoms with Gasteiger partial charge in [0.2, 0.25) is 11.8 Å². The smallest absolute Gasteiger partial charge is 0.264 e. The number of carbonyl (C=O) groups is 2. The van der Waals surface area contributed by atoms with Crippen LogP contribution in [0.1, 0.15) is 37.5 Å². The number of amides is 2. The highest BCUT2D eigenvalue weighted by atomic mass is 32.2. The van der Waals surface area contributed by atoms with E-state index in [1.54, 1.807) is 42.5 Å². The largest absolute Gasteiger partial charge is 0.497 e. The molecule has 9 heteroatoms. The molecular formula is C36H41N3O5S. The summed E-state index contributed by atoms with van der Waals surface area (Å²) in [5, 5.41) is 3.04. The van der Waals surface area contributed by atoms with Gasteiger partial charge < -0.3 is 15.0 Å². The van der Waals surface area contributed by atoms with Gasteiger partial charge in [0, 0.05) is 18.5 Å². The zero-order valence-corrected chi connectivity index (χ0v) is 27.3. The van der Waals surface area contributed by atoms with Gasteiger partial charge in [0.25, 0.3) is 10.0 Å². The van der Waals surface area contributed by atoms with Crippen molar-refractivity contribution in [1.29, 1.82) is 0 Å². The molecular weight excluding hydrogens is 586 g/mol. The first-order valence-corrected chi connectivity index (χ1v) is 16.2. The number of aryl methyl sites for hydroxylation is 1. The molecule has 4 aromatic carbocycles. The molecule has 0 spiro atoms. The molecule has 0 aliphatic rings. The third kappa shape index (κ3) is 8.95. The summed E-state index contributed by atoms with van der Waals surface area (Å²) in [6.07, 6.45) is 0.244. The van der Waals surface area contributed by atoms with Crippen molar-refractivity contribution in [3.05, 3.63) is 126 Å². The summed E-state index contributed by atoms with van der Waals surface area (Å²) in [7, 11) is -2.65. The van der Waals surface area contributed by atoms with E-state index in [9.17, 15) is 18.0 Å². The van der Waals surface area contributed by atoms with Crippen molar-refractivity contribution >= 4 is 27.5 Å². The topological polar surface area (TPSA) is 96.0 Å². The van der Waals surface area contributed by atoms with Crippen molar-refractivity contribution in [2.24, 2.45) is 0 Å². The summed E-state index contributed by atoms with van der Waals surface area (Å²) >= 11 is 0. The number of carbonyl (C=O) groups excluding carboxylic acids is 2. The van der Waals surface area contributed by atoms with Crippen molar-refractivity contribution in [2.75, 3.05) is 18.0 Å². The first kappa shape index (κ1) is 33.3. The van der Waals surface area contributed by atoms with Crippen LogP contribution in [0.25, 0.3) is 0 Å². The van der Waals surface area contributed by atoms with Crippen LogP contribution in [0.15, 0.2) is 114 Å². The van der Waals surface area contributed by atoms with Gasteiger partial charge in [0.1, 0.15) is 18.3 Å². The highest BCUT2D eigenvalue weighted by molar-refractivity contribution is 7.92. The minimum Gasteiger partial charge on any atom is -0.497 e. The third-order valence-corrected chi connectivity index (χ3v) is 9.00. The minimum atomic E-state index is -4.17. The lowest BCUT2D eigenvalue weighted by molar-refractivity contribution is -0.140. The standard InChI is InChI=1S/C36H41N3O5S/c1-27-16-18-29(19-17-27)25-38(33(35(41)37-36(2,3)4)24-28-12-8-6-9-13-28)34(40)26-39(30-20-22-31(44-5)23-21-30)45(42,43)32-14-10-7-11-15-32/h6-23,33H,24-26H2,1-5H3,(H,37,41)/t33-/m1/s1. The number of benzene rings is 4. The van der Waals surface area contributed by atoms with Crippen molar-refractivity contribution < 1.29 is 22.7 Å². The number of ether oxygens (including phenoxy) is 1. The van der Waals surface area contributed by atoms with Gasteiger partial charge in [-0.1, -0.05) is 78.4 Å². The first-order valence-electron chi connectivity index (χ1n) is 14.8. The Hall–Kier alpha value is -4.63. The number of hydrogen-bond acceptors (Lipinski definition) is 5. The van der Waals surface area contributed by atoms with Gasteiger partial charge in [-0.2, -0.15) is 0 Å². The number of anilines is 1. The maximum Gasteiger partial charge on any atom is 0.264 e. The van der Waals surface area contributed by atoms with Crippen molar-refractivity contribution in [1.82, 2.24) is 10.2 Å². The maximum absolute atomic E-state index is 14.5. The van der Waals surface area contributed by atoms with E-state index in [1.165, 1.54) is 24.1 Å². The molecule has 4 rings (SSSR count). The Bertz CT molecular complexity index is 1670. The zero-order valence-electron chi connectivity index (χ0n) is 26.4. The van der Waals surface area contributed by atoms with E-state index in [-0.39, 0.29) is 23.8 Å². The molecule has 0 aliphatic heterocycles. The summed E-state index contributed by atoms with van der Waals surface area (Å²) in [5.41, 5.74) is 2.48. The second kappa shape index (κ2) is 14.4. The van der Waals surface area contributed by atoms with Crippen LogP contribution in [0, 0.1) is 6.92 Å². The minimum absolute atomic E-state index is 0.0463. The molecule has 0 aromatic heterocycles. The van der Waals surface area contributed by atoms with E-state index in [4.69, 9.17) is 4.74 Å². The normalized spacial score (nSPS) is 12.2. The number of nitrogens with zero attached hydrogens (tertiary/aromatic N) is 2.